The quantitative estimate of drug-likeness (QED) is 0.664. The van der Waals surface area contributed by atoms with E-state index in [-0.39, 0.29) is 24.5 Å². The van der Waals surface area contributed by atoms with Crippen molar-refractivity contribution in [2.24, 2.45) is 0 Å². The number of aryl methyl sites for hydroxylation is 1. The third kappa shape index (κ3) is 5.05. The Hall–Kier alpha value is -2.32. The molecule has 2 aliphatic heterocycles. The second-order valence-corrected chi connectivity index (χ2v) is 8.81. The molecule has 0 bridgehead atoms. The van der Waals surface area contributed by atoms with Crippen LogP contribution in [-0.2, 0) is 14.3 Å². The summed E-state index contributed by atoms with van der Waals surface area (Å²) in [6.07, 6.45) is 3.62. The highest BCUT2D eigenvalue weighted by Gasteiger charge is 2.36. The number of hydrogen-bond donors (Lipinski definition) is 1. The minimum Gasteiger partial charge on any atom is -0.496 e. The van der Waals surface area contributed by atoms with Crippen LogP contribution in [0, 0.1) is 6.92 Å². The maximum atomic E-state index is 12.8. The first-order chi connectivity index (χ1) is 14.3. The number of methoxy groups -OCH3 is 1. The van der Waals surface area contributed by atoms with Crippen LogP contribution in [0.2, 0.25) is 0 Å². The van der Waals surface area contributed by atoms with Crippen LogP contribution in [0.15, 0.2) is 17.0 Å². The van der Waals surface area contributed by atoms with Crippen molar-refractivity contribution in [3.05, 3.63) is 33.7 Å². The molecule has 0 saturated carbocycles. The molecule has 3 amide bonds. The average molecular weight is 433 g/mol. The molecule has 162 valence electrons. The minimum absolute atomic E-state index is 0.0111. The van der Waals surface area contributed by atoms with E-state index in [1.165, 1.54) is 0 Å². The van der Waals surface area contributed by atoms with E-state index in [4.69, 9.17) is 9.47 Å². The first-order valence-corrected chi connectivity index (χ1v) is 10.9. The van der Waals surface area contributed by atoms with Gasteiger partial charge in [0.25, 0.3) is 11.1 Å². The van der Waals surface area contributed by atoms with E-state index in [1.807, 2.05) is 19.1 Å². The van der Waals surface area contributed by atoms with Crippen LogP contribution >= 0.6 is 11.8 Å². The monoisotopic (exact) mass is 432 g/mol. The molecule has 0 spiro atoms. The molecule has 2 heterocycles. The van der Waals surface area contributed by atoms with Crippen LogP contribution in [0.3, 0.4) is 0 Å². The predicted molar refractivity (Wildman–Crippen MR) is 116 cm³/mol. The zero-order valence-corrected chi connectivity index (χ0v) is 18.6. The number of hydrogen-bond acceptors (Lipinski definition) is 6. The van der Waals surface area contributed by atoms with Crippen molar-refractivity contribution >= 4 is 34.9 Å². The Labute approximate surface area is 181 Å². The molecule has 8 heteroatoms. The molecule has 0 radical (unpaired) electrons. The maximum absolute atomic E-state index is 12.8. The number of imide groups is 1. The number of carbonyl (C=O) groups is 3. The number of nitrogens with zero attached hydrogens (tertiary/aromatic N) is 1. The molecule has 3 rings (SSSR count). The number of ether oxygens (including phenoxy) is 2. The van der Waals surface area contributed by atoms with Crippen molar-refractivity contribution in [1.82, 2.24) is 10.2 Å². The summed E-state index contributed by atoms with van der Waals surface area (Å²) < 4.78 is 10.9. The Kier molecular flexibility index (Phi) is 7.20. The number of nitrogens with one attached hydrogen (secondary N) is 1. The molecule has 1 aromatic carbocycles. The molecule has 1 N–H and O–H groups in total. The summed E-state index contributed by atoms with van der Waals surface area (Å²) in [7, 11) is 1.63. The van der Waals surface area contributed by atoms with E-state index < -0.39 is 11.1 Å². The van der Waals surface area contributed by atoms with Crippen molar-refractivity contribution in [3.8, 4) is 5.75 Å². The third-order valence-electron chi connectivity index (χ3n) is 5.25. The normalized spacial score (nSPS) is 20.5. The van der Waals surface area contributed by atoms with Gasteiger partial charge in [-0.3, -0.25) is 19.3 Å². The summed E-state index contributed by atoms with van der Waals surface area (Å²) in [4.78, 5) is 38.6. The minimum atomic E-state index is -0.446. The van der Waals surface area contributed by atoms with Gasteiger partial charge in [0.1, 0.15) is 12.3 Å². The van der Waals surface area contributed by atoms with E-state index in [2.05, 4.69) is 19.2 Å². The van der Waals surface area contributed by atoms with Crippen molar-refractivity contribution in [3.63, 3.8) is 0 Å². The second kappa shape index (κ2) is 9.66. The van der Waals surface area contributed by atoms with Gasteiger partial charge in [0.15, 0.2) is 0 Å². The number of amides is 3. The lowest BCUT2D eigenvalue weighted by molar-refractivity contribution is -0.129. The van der Waals surface area contributed by atoms with Gasteiger partial charge >= 0.3 is 0 Å². The maximum Gasteiger partial charge on any atom is 0.294 e. The lowest BCUT2D eigenvalue weighted by atomic mass is 9.96. The summed E-state index contributed by atoms with van der Waals surface area (Å²) >= 11 is 0.858. The Morgan fingerprint density at radius 3 is 2.80 bits per heavy atom. The lowest BCUT2D eigenvalue weighted by Gasteiger charge is -2.15. The highest BCUT2D eigenvalue weighted by Crippen LogP contribution is 2.35. The summed E-state index contributed by atoms with van der Waals surface area (Å²) in [5.41, 5.74) is 2.83. The van der Waals surface area contributed by atoms with Crippen LogP contribution < -0.4 is 10.1 Å². The van der Waals surface area contributed by atoms with Crippen molar-refractivity contribution in [2.45, 2.75) is 45.6 Å². The molecule has 2 saturated heterocycles. The van der Waals surface area contributed by atoms with E-state index in [0.717, 1.165) is 51.9 Å². The van der Waals surface area contributed by atoms with Gasteiger partial charge in [-0.15, -0.1) is 0 Å². The zero-order chi connectivity index (χ0) is 21.8. The molecule has 7 nitrogen and oxygen atoms in total. The van der Waals surface area contributed by atoms with Crippen molar-refractivity contribution in [2.75, 3.05) is 26.8 Å². The predicted octanol–water partition coefficient (Wildman–Crippen LogP) is 3.46. The van der Waals surface area contributed by atoms with E-state index in [1.54, 1.807) is 13.2 Å². The van der Waals surface area contributed by atoms with E-state index >= 15 is 0 Å². The molecule has 0 aromatic heterocycles. The van der Waals surface area contributed by atoms with E-state index in [9.17, 15) is 14.4 Å². The van der Waals surface area contributed by atoms with Gasteiger partial charge in [0.2, 0.25) is 5.91 Å². The van der Waals surface area contributed by atoms with Crippen LogP contribution in [0.25, 0.3) is 6.08 Å². The zero-order valence-electron chi connectivity index (χ0n) is 17.8. The lowest BCUT2D eigenvalue weighted by Crippen LogP contribution is -2.41. The molecule has 30 heavy (non-hydrogen) atoms. The van der Waals surface area contributed by atoms with Crippen molar-refractivity contribution in [1.29, 1.82) is 0 Å². The summed E-state index contributed by atoms with van der Waals surface area (Å²) in [5.74, 6) is 0.237. The summed E-state index contributed by atoms with van der Waals surface area (Å²) in [6, 6.07) is 3.92. The molecular weight excluding hydrogens is 404 g/mol. The average Bonchev–Trinajstić information content (AvgIpc) is 3.31. The summed E-state index contributed by atoms with van der Waals surface area (Å²) in [6.45, 7) is 6.89. The summed E-state index contributed by atoms with van der Waals surface area (Å²) in [5, 5.41) is 2.31. The smallest absolute Gasteiger partial charge is 0.294 e. The Bertz CT molecular complexity index is 875. The molecule has 1 atom stereocenters. The Balaban J connectivity index is 1.71. The number of carbonyl (C=O) groups excluding carboxylic acids is 3. The van der Waals surface area contributed by atoms with Gasteiger partial charge in [-0.1, -0.05) is 13.8 Å². The fourth-order valence-electron chi connectivity index (χ4n) is 3.51. The SMILES string of the molecule is COc1cc(C)c(/C=C2\SC(=O)N(CC(=O)NC[C@@H]3CCCO3)C2=O)cc1C(C)C. The molecule has 2 fully saturated rings. The highest BCUT2D eigenvalue weighted by molar-refractivity contribution is 8.18. The molecule has 2 aliphatic rings. The van der Waals surface area contributed by atoms with Crippen LogP contribution in [0.1, 0.15) is 49.3 Å². The Morgan fingerprint density at radius 2 is 2.17 bits per heavy atom. The molecule has 1 aromatic rings. The fraction of sp³-hybridized carbons (Fsp3) is 0.500. The molecule has 0 aliphatic carbocycles. The molecular formula is C22H28N2O5S. The second-order valence-electron chi connectivity index (χ2n) is 7.81. The first kappa shape index (κ1) is 22.4. The Morgan fingerprint density at radius 1 is 1.40 bits per heavy atom. The molecule has 0 unspecified atom stereocenters. The highest BCUT2D eigenvalue weighted by atomic mass is 32.2. The van der Waals surface area contributed by atoms with Gasteiger partial charge in [-0.2, -0.15) is 0 Å². The van der Waals surface area contributed by atoms with Crippen LogP contribution in [0.5, 0.6) is 5.75 Å². The van der Waals surface area contributed by atoms with Gasteiger partial charge in [-0.25, -0.2) is 0 Å². The number of benzene rings is 1. The number of rotatable bonds is 7. The largest absolute Gasteiger partial charge is 0.496 e. The first-order valence-electron chi connectivity index (χ1n) is 10.1. The van der Waals surface area contributed by atoms with Gasteiger partial charge in [0.05, 0.1) is 18.1 Å². The van der Waals surface area contributed by atoms with Gasteiger partial charge in [-0.05, 0) is 72.3 Å². The number of thioether (sulfide) groups is 1. The topological polar surface area (TPSA) is 84.9 Å². The van der Waals surface area contributed by atoms with Crippen molar-refractivity contribution < 1.29 is 23.9 Å². The van der Waals surface area contributed by atoms with Crippen LogP contribution in [0.4, 0.5) is 4.79 Å². The third-order valence-corrected chi connectivity index (χ3v) is 6.16. The fourth-order valence-corrected chi connectivity index (χ4v) is 4.34. The van der Waals surface area contributed by atoms with Gasteiger partial charge in [0, 0.05) is 13.2 Å². The van der Waals surface area contributed by atoms with Crippen LogP contribution in [-0.4, -0.2) is 54.9 Å². The van der Waals surface area contributed by atoms with E-state index in [0.29, 0.717) is 18.1 Å². The van der Waals surface area contributed by atoms with Gasteiger partial charge < -0.3 is 14.8 Å². The standard InChI is InChI=1S/C22H28N2O5S/c1-13(2)17-9-15(14(3)8-18(17)28-4)10-19-21(26)24(22(27)30-19)12-20(25)23-11-16-6-5-7-29-16/h8-10,13,16H,5-7,11-12H2,1-4H3,(H,23,25)/b19-10-/t16-/m0/s1.